The van der Waals surface area contributed by atoms with Crippen LogP contribution in [0.25, 0.3) is 11.1 Å². The van der Waals surface area contributed by atoms with Crippen molar-refractivity contribution in [3.05, 3.63) is 83.9 Å². The van der Waals surface area contributed by atoms with Gasteiger partial charge in [-0.3, -0.25) is 0 Å². The molecule has 1 saturated heterocycles. The number of benzene rings is 2. The maximum absolute atomic E-state index is 13.3. The van der Waals surface area contributed by atoms with Crippen LogP contribution in [0, 0.1) is 0 Å². The summed E-state index contributed by atoms with van der Waals surface area (Å²) in [6.45, 7) is 2.85. The number of carbonyl (C=O) groups is 1. The molecular formula is C26H28N3O3+. The number of hydrogen-bond acceptors (Lipinski definition) is 5. The summed E-state index contributed by atoms with van der Waals surface area (Å²) in [6.07, 6.45) is 7.60. The van der Waals surface area contributed by atoms with Crippen molar-refractivity contribution in [2.24, 2.45) is 0 Å². The van der Waals surface area contributed by atoms with Crippen molar-refractivity contribution in [1.29, 1.82) is 0 Å². The van der Waals surface area contributed by atoms with E-state index in [1.165, 1.54) is 0 Å². The van der Waals surface area contributed by atoms with Crippen molar-refractivity contribution in [2.45, 2.75) is 31.0 Å². The Bertz CT molecular complexity index is 1080. The lowest BCUT2D eigenvalue weighted by atomic mass is 9.91. The smallest absolute Gasteiger partial charge is 0.348 e. The minimum atomic E-state index is -1.75. The highest BCUT2D eigenvalue weighted by Gasteiger charge is 2.50. The van der Waals surface area contributed by atoms with Crippen LogP contribution in [0.4, 0.5) is 0 Å². The van der Waals surface area contributed by atoms with Gasteiger partial charge in [0, 0.05) is 42.8 Å². The van der Waals surface area contributed by atoms with E-state index in [0.717, 1.165) is 60.1 Å². The Hall–Kier alpha value is -3.09. The number of quaternary nitrogens is 1. The van der Waals surface area contributed by atoms with Crippen LogP contribution < -0.4 is 0 Å². The van der Waals surface area contributed by atoms with E-state index in [2.05, 4.69) is 17.0 Å². The van der Waals surface area contributed by atoms with Crippen LogP contribution in [0.3, 0.4) is 0 Å². The first-order chi connectivity index (χ1) is 15.5. The third-order valence-electron chi connectivity index (χ3n) is 7.03. The van der Waals surface area contributed by atoms with Crippen molar-refractivity contribution in [2.75, 3.05) is 26.7 Å². The van der Waals surface area contributed by atoms with Gasteiger partial charge in [0.05, 0.1) is 26.7 Å². The number of esters is 1. The van der Waals surface area contributed by atoms with Gasteiger partial charge >= 0.3 is 5.97 Å². The van der Waals surface area contributed by atoms with Gasteiger partial charge in [0.25, 0.3) is 0 Å². The largest absolute Gasteiger partial charge is 0.459 e. The molecule has 1 aliphatic heterocycles. The molecule has 164 valence electrons. The van der Waals surface area contributed by atoms with Crippen LogP contribution in [0.2, 0.25) is 0 Å². The van der Waals surface area contributed by atoms with E-state index >= 15 is 0 Å². The van der Waals surface area contributed by atoms with E-state index in [9.17, 15) is 9.90 Å². The van der Waals surface area contributed by atoms with Crippen LogP contribution in [-0.4, -0.2) is 58.3 Å². The molecule has 5 rings (SSSR count). The monoisotopic (exact) mass is 430 g/mol. The molecule has 3 aromatic rings. The minimum Gasteiger partial charge on any atom is -0.459 e. The lowest BCUT2D eigenvalue weighted by Gasteiger charge is -2.40. The average molecular weight is 431 g/mol. The molecule has 0 radical (unpaired) electrons. The van der Waals surface area contributed by atoms with Crippen LogP contribution in [0.1, 0.15) is 29.5 Å². The third kappa shape index (κ3) is 3.59. The van der Waals surface area contributed by atoms with E-state index < -0.39 is 11.6 Å². The second-order valence-electron chi connectivity index (χ2n) is 9.19. The number of likely N-dealkylation sites (tertiary alicyclic amines) is 1. The molecule has 32 heavy (non-hydrogen) atoms. The standard InChI is InChI=1S/C26H28N3O3/c1-29(13-10-19-16-27-18-28-17-19)14-11-20(12-15-29)32-25(30)26(31)23-8-4-2-6-21(23)22-7-3-5-9-24(22)26/h2-9,16-18,20,31H,10-15H2,1H3/q+1. The molecule has 2 aliphatic rings. The number of likely N-dealkylation sites (N-methyl/N-ethyl adjacent to an activating group) is 1. The van der Waals surface area contributed by atoms with Crippen molar-refractivity contribution in [1.82, 2.24) is 9.97 Å². The number of aromatic nitrogens is 2. The van der Waals surface area contributed by atoms with Gasteiger partial charge in [-0.1, -0.05) is 48.5 Å². The second kappa shape index (κ2) is 8.11. The second-order valence-corrected chi connectivity index (χ2v) is 9.19. The van der Waals surface area contributed by atoms with Crippen LogP contribution >= 0.6 is 0 Å². The fourth-order valence-electron chi connectivity index (χ4n) is 5.04. The summed E-state index contributed by atoms with van der Waals surface area (Å²) in [4.78, 5) is 21.5. The maximum Gasteiger partial charge on any atom is 0.348 e. The van der Waals surface area contributed by atoms with Gasteiger partial charge in [0.15, 0.2) is 0 Å². The highest BCUT2D eigenvalue weighted by atomic mass is 16.6. The molecule has 1 aromatic heterocycles. The summed E-state index contributed by atoms with van der Waals surface area (Å²) in [5, 5.41) is 11.6. The number of fused-ring (bicyclic) bond motifs is 3. The molecule has 0 bridgehead atoms. The van der Waals surface area contributed by atoms with Gasteiger partial charge in [-0.15, -0.1) is 0 Å². The number of aliphatic hydroxyl groups is 1. The van der Waals surface area contributed by atoms with Crippen LogP contribution in [0.15, 0.2) is 67.3 Å². The summed E-state index contributed by atoms with van der Waals surface area (Å²) in [6, 6.07) is 15.1. The normalized spacial score (nSPS) is 23.2. The molecule has 0 atom stereocenters. The Kier molecular flexibility index (Phi) is 5.27. The SMILES string of the molecule is C[N+]1(CCc2cncnc2)CCC(OC(=O)C2(O)c3ccccc3-c3ccccc32)CC1. The zero-order chi connectivity index (χ0) is 22.2. The Morgan fingerprint density at radius 1 is 1.03 bits per heavy atom. The van der Waals surface area contributed by atoms with Gasteiger partial charge in [0.2, 0.25) is 5.60 Å². The van der Waals surface area contributed by atoms with Gasteiger partial charge < -0.3 is 14.3 Å². The molecule has 2 aromatic carbocycles. The fourth-order valence-corrected chi connectivity index (χ4v) is 5.04. The molecule has 2 heterocycles. The Morgan fingerprint density at radius 3 is 2.19 bits per heavy atom. The molecule has 1 fully saturated rings. The Morgan fingerprint density at radius 2 is 1.59 bits per heavy atom. The van der Waals surface area contributed by atoms with Gasteiger partial charge in [-0.25, -0.2) is 14.8 Å². The predicted octanol–water partition coefficient (Wildman–Crippen LogP) is 3.09. The van der Waals surface area contributed by atoms with E-state index in [0.29, 0.717) is 11.1 Å². The maximum atomic E-state index is 13.3. The summed E-state index contributed by atoms with van der Waals surface area (Å²) in [5.41, 5.74) is 2.37. The number of carbonyl (C=O) groups excluding carboxylic acids is 1. The summed E-state index contributed by atoms with van der Waals surface area (Å²) < 4.78 is 6.86. The highest BCUT2D eigenvalue weighted by molar-refractivity contribution is 5.96. The number of ether oxygens (including phenoxy) is 1. The number of rotatable bonds is 5. The van der Waals surface area contributed by atoms with Gasteiger partial charge in [-0.2, -0.15) is 0 Å². The van der Waals surface area contributed by atoms with Crippen molar-refractivity contribution < 1.29 is 19.1 Å². The van der Waals surface area contributed by atoms with Crippen LogP contribution in [0.5, 0.6) is 0 Å². The number of hydrogen-bond donors (Lipinski definition) is 1. The predicted molar refractivity (Wildman–Crippen MR) is 121 cm³/mol. The molecule has 0 spiro atoms. The first-order valence-electron chi connectivity index (χ1n) is 11.2. The van der Waals surface area contributed by atoms with E-state index in [-0.39, 0.29) is 6.10 Å². The van der Waals surface area contributed by atoms with Gasteiger partial charge in [-0.05, 0) is 16.7 Å². The van der Waals surface area contributed by atoms with Gasteiger partial charge in [0.1, 0.15) is 12.4 Å². The zero-order valence-corrected chi connectivity index (χ0v) is 18.3. The quantitative estimate of drug-likeness (QED) is 0.498. The molecular weight excluding hydrogens is 402 g/mol. The molecule has 1 aliphatic carbocycles. The topological polar surface area (TPSA) is 72.3 Å². The zero-order valence-electron chi connectivity index (χ0n) is 18.3. The summed E-state index contributed by atoms with van der Waals surface area (Å²) >= 11 is 0. The average Bonchev–Trinajstić information content (AvgIpc) is 3.10. The highest BCUT2D eigenvalue weighted by Crippen LogP contribution is 2.48. The van der Waals surface area contributed by atoms with Crippen molar-refractivity contribution in [3.63, 3.8) is 0 Å². The van der Waals surface area contributed by atoms with Crippen molar-refractivity contribution >= 4 is 5.97 Å². The molecule has 6 heteroatoms. The minimum absolute atomic E-state index is 0.183. The Labute approximate surface area is 188 Å². The van der Waals surface area contributed by atoms with E-state index in [1.54, 1.807) is 6.33 Å². The molecule has 0 saturated carbocycles. The number of nitrogens with zero attached hydrogens (tertiary/aromatic N) is 3. The lowest BCUT2D eigenvalue weighted by Crippen LogP contribution is -2.53. The number of piperidine rings is 1. The fraction of sp³-hybridized carbons (Fsp3) is 0.346. The molecule has 0 amide bonds. The van der Waals surface area contributed by atoms with E-state index in [4.69, 9.17) is 4.74 Å². The first-order valence-corrected chi connectivity index (χ1v) is 11.2. The van der Waals surface area contributed by atoms with E-state index in [1.807, 2.05) is 60.9 Å². The lowest BCUT2D eigenvalue weighted by molar-refractivity contribution is -0.914. The summed E-state index contributed by atoms with van der Waals surface area (Å²) in [7, 11) is 2.25. The third-order valence-corrected chi connectivity index (χ3v) is 7.03. The summed E-state index contributed by atoms with van der Waals surface area (Å²) in [5.74, 6) is -0.572. The van der Waals surface area contributed by atoms with Crippen LogP contribution in [-0.2, 0) is 21.6 Å². The van der Waals surface area contributed by atoms with Crippen molar-refractivity contribution in [3.8, 4) is 11.1 Å². The molecule has 0 unspecified atom stereocenters. The molecule has 6 nitrogen and oxygen atoms in total. The molecule has 1 N–H and O–H groups in total. The Balaban J connectivity index is 1.26. The first kappa shape index (κ1) is 20.8.